The minimum atomic E-state index is 0.390. The summed E-state index contributed by atoms with van der Waals surface area (Å²) in [6.07, 6.45) is 1.89. The average Bonchev–Trinajstić information content (AvgIpc) is 2.43. The third-order valence-electron chi connectivity index (χ3n) is 3.67. The van der Waals surface area contributed by atoms with Crippen LogP contribution in [0.2, 0.25) is 0 Å². The molecule has 0 radical (unpaired) electrons. The first kappa shape index (κ1) is 14.6. The Kier molecular flexibility index (Phi) is 5.19. The second kappa shape index (κ2) is 7.11. The predicted octanol–water partition coefficient (Wildman–Crippen LogP) is 3.46. The van der Waals surface area contributed by atoms with Crippen LogP contribution in [0.5, 0.6) is 5.75 Å². The maximum Gasteiger partial charge on any atom is 0.118 e. The van der Waals surface area contributed by atoms with Gasteiger partial charge in [0.25, 0.3) is 0 Å². The Morgan fingerprint density at radius 2 is 1.65 bits per heavy atom. The molecule has 0 aliphatic rings. The van der Waals surface area contributed by atoms with E-state index in [1.54, 1.807) is 6.07 Å². The highest BCUT2D eigenvalue weighted by Crippen LogP contribution is 2.15. The molecule has 2 aromatic carbocycles. The monoisotopic (exact) mass is 269 g/mol. The summed E-state index contributed by atoms with van der Waals surface area (Å²) in [5.74, 6) is 0.390. The van der Waals surface area contributed by atoms with Crippen LogP contribution in [-0.2, 0) is 12.8 Å². The lowest BCUT2D eigenvalue weighted by atomic mass is 10.0. The van der Waals surface area contributed by atoms with Crippen LogP contribution in [-0.4, -0.2) is 17.7 Å². The van der Waals surface area contributed by atoms with E-state index in [2.05, 4.69) is 43.4 Å². The Morgan fingerprint density at radius 1 is 1.00 bits per heavy atom. The number of nitrogens with one attached hydrogen (secondary N) is 1. The zero-order valence-electron chi connectivity index (χ0n) is 12.3. The Labute approximate surface area is 121 Å². The van der Waals surface area contributed by atoms with Crippen molar-refractivity contribution in [2.45, 2.75) is 32.7 Å². The molecule has 2 heteroatoms. The fourth-order valence-electron chi connectivity index (χ4n) is 2.42. The van der Waals surface area contributed by atoms with Crippen LogP contribution >= 0.6 is 0 Å². The number of benzene rings is 2. The summed E-state index contributed by atoms with van der Waals surface area (Å²) in [6, 6.07) is 16.5. The maximum atomic E-state index is 9.72. The number of phenolic OH excluding ortho intramolecular Hbond substituents is 1. The molecule has 0 saturated carbocycles. The van der Waals surface area contributed by atoms with Gasteiger partial charge in [-0.25, -0.2) is 0 Å². The fourth-order valence-corrected chi connectivity index (χ4v) is 2.42. The molecule has 0 spiro atoms. The van der Waals surface area contributed by atoms with Crippen molar-refractivity contribution in [2.75, 3.05) is 6.54 Å². The van der Waals surface area contributed by atoms with E-state index in [1.807, 2.05) is 18.2 Å². The highest BCUT2D eigenvalue weighted by Gasteiger charge is 2.05. The van der Waals surface area contributed by atoms with Crippen LogP contribution in [0.25, 0.3) is 0 Å². The molecule has 0 fully saturated rings. The molecule has 1 atom stereocenters. The number of hydrogen-bond donors (Lipinski definition) is 2. The first-order valence-electron chi connectivity index (χ1n) is 7.21. The number of hydrogen-bond acceptors (Lipinski definition) is 2. The standard InChI is InChI=1S/C18H23NO/c1-14-7-3-4-9-17(14)13-15(2)19-12-11-16-8-5-6-10-18(16)20/h3-10,15,19-20H,11-13H2,1-2H3. The molecular weight excluding hydrogens is 246 g/mol. The lowest BCUT2D eigenvalue weighted by molar-refractivity contribution is 0.464. The molecule has 106 valence electrons. The molecule has 0 aromatic heterocycles. The summed E-state index contributed by atoms with van der Waals surface area (Å²) in [5.41, 5.74) is 3.75. The van der Waals surface area contributed by atoms with E-state index in [0.29, 0.717) is 11.8 Å². The molecule has 2 aromatic rings. The van der Waals surface area contributed by atoms with Crippen molar-refractivity contribution in [2.24, 2.45) is 0 Å². The molecule has 2 N–H and O–H groups in total. The number of aryl methyl sites for hydroxylation is 1. The van der Waals surface area contributed by atoms with Crippen LogP contribution < -0.4 is 5.32 Å². The minimum Gasteiger partial charge on any atom is -0.508 e. The maximum absolute atomic E-state index is 9.72. The van der Waals surface area contributed by atoms with Gasteiger partial charge in [-0.2, -0.15) is 0 Å². The summed E-state index contributed by atoms with van der Waals surface area (Å²) in [4.78, 5) is 0. The fraction of sp³-hybridized carbons (Fsp3) is 0.333. The van der Waals surface area contributed by atoms with Gasteiger partial charge in [-0.3, -0.25) is 0 Å². The van der Waals surface area contributed by atoms with E-state index in [0.717, 1.165) is 24.9 Å². The highest BCUT2D eigenvalue weighted by molar-refractivity contribution is 5.32. The van der Waals surface area contributed by atoms with E-state index >= 15 is 0 Å². The van der Waals surface area contributed by atoms with Gasteiger partial charge in [-0.15, -0.1) is 0 Å². The van der Waals surface area contributed by atoms with Crippen LogP contribution in [0, 0.1) is 6.92 Å². The Hall–Kier alpha value is -1.80. The van der Waals surface area contributed by atoms with Crippen molar-refractivity contribution in [3.05, 3.63) is 65.2 Å². The van der Waals surface area contributed by atoms with Gasteiger partial charge in [0.2, 0.25) is 0 Å². The Bertz CT molecular complexity index is 551. The van der Waals surface area contributed by atoms with Crippen molar-refractivity contribution in [3.8, 4) is 5.75 Å². The topological polar surface area (TPSA) is 32.3 Å². The van der Waals surface area contributed by atoms with Crippen LogP contribution in [0.4, 0.5) is 0 Å². The zero-order valence-corrected chi connectivity index (χ0v) is 12.3. The second-order valence-electron chi connectivity index (χ2n) is 5.36. The van der Waals surface area contributed by atoms with Crippen LogP contribution in [0.1, 0.15) is 23.6 Å². The van der Waals surface area contributed by atoms with Gasteiger partial charge in [-0.05, 0) is 56.0 Å². The second-order valence-corrected chi connectivity index (χ2v) is 5.36. The molecule has 2 nitrogen and oxygen atoms in total. The summed E-state index contributed by atoms with van der Waals surface area (Å²) in [7, 11) is 0. The van der Waals surface area contributed by atoms with Gasteiger partial charge >= 0.3 is 0 Å². The third-order valence-corrected chi connectivity index (χ3v) is 3.67. The van der Waals surface area contributed by atoms with Gasteiger partial charge in [0.05, 0.1) is 0 Å². The van der Waals surface area contributed by atoms with Gasteiger partial charge in [0, 0.05) is 6.04 Å². The first-order valence-corrected chi connectivity index (χ1v) is 7.21. The normalized spacial score (nSPS) is 12.3. The number of para-hydroxylation sites is 1. The summed E-state index contributed by atoms with van der Waals surface area (Å²) in [6.45, 7) is 5.24. The zero-order chi connectivity index (χ0) is 14.4. The third kappa shape index (κ3) is 4.10. The molecule has 20 heavy (non-hydrogen) atoms. The first-order chi connectivity index (χ1) is 9.66. The molecule has 0 bridgehead atoms. The van der Waals surface area contributed by atoms with Crippen molar-refractivity contribution in [3.63, 3.8) is 0 Å². The van der Waals surface area contributed by atoms with Crippen molar-refractivity contribution >= 4 is 0 Å². The molecule has 0 amide bonds. The van der Waals surface area contributed by atoms with Gasteiger partial charge in [0.15, 0.2) is 0 Å². The van der Waals surface area contributed by atoms with E-state index in [4.69, 9.17) is 0 Å². The minimum absolute atomic E-state index is 0.390. The molecular formula is C18H23NO. The molecule has 1 unspecified atom stereocenters. The summed E-state index contributed by atoms with van der Waals surface area (Å²) in [5, 5.41) is 13.2. The molecule has 0 heterocycles. The lowest BCUT2D eigenvalue weighted by Gasteiger charge is -2.15. The largest absolute Gasteiger partial charge is 0.508 e. The Balaban J connectivity index is 1.80. The van der Waals surface area contributed by atoms with Crippen molar-refractivity contribution in [1.29, 1.82) is 0 Å². The van der Waals surface area contributed by atoms with Gasteiger partial charge in [0.1, 0.15) is 5.75 Å². The van der Waals surface area contributed by atoms with E-state index < -0.39 is 0 Å². The Morgan fingerprint density at radius 3 is 2.35 bits per heavy atom. The van der Waals surface area contributed by atoms with Crippen molar-refractivity contribution in [1.82, 2.24) is 5.32 Å². The number of rotatable bonds is 6. The molecule has 0 aliphatic carbocycles. The van der Waals surface area contributed by atoms with E-state index in [9.17, 15) is 5.11 Å². The predicted molar refractivity (Wildman–Crippen MR) is 84.2 cm³/mol. The molecule has 0 aliphatic heterocycles. The average molecular weight is 269 g/mol. The van der Waals surface area contributed by atoms with E-state index in [-0.39, 0.29) is 0 Å². The van der Waals surface area contributed by atoms with Gasteiger partial charge < -0.3 is 10.4 Å². The van der Waals surface area contributed by atoms with Crippen molar-refractivity contribution < 1.29 is 5.11 Å². The molecule has 0 saturated heterocycles. The van der Waals surface area contributed by atoms with Crippen LogP contribution in [0.3, 0.4) is 0 Å². The van der Waals surface area contributed by atoms with E-state index in [1.165, 1.54) is 11.1 Å². The SMILES string of the molecule is Cc1ccccc1CC(C)NCCc1ccccc1O. The quantitative estimate of drug-likeness (QED) is 0.841. The number of phenols is 1. The summed E-state index contributed by atoms with van der Waals surface area (Å²) >= 11 is 0. The van der Waals surface area contributed by atoms with Crippen LogP contribution in [0.15, 0.2) is 48.5 Å². The summed E-state index contributed by atoms with van der Waals surface area (Å²) < 4.78 is 0. The number of aromatic hydroxyl groups is 1. The highest BCUT2D eigenvalue weighted by atomic mass is 16.3. The lowest BCUT2D eigenvalue weighted by Crippen LogP contribution is -2.30. The smallest absolute Gasteiger partial charge is 0.118 e. The van der Waals surface area contributed by atoms with Gasteiger partial charge in [-0.1, -0.05) is 42.5 Å². The molecule has 2 rings (SSSR count).